The molecular formula is C20H28N4O. The highest BCUT2D eigenvalue weighted by Gasteiger charge is 2.17. The highest BCUT2D eigenvalue weighted by atomic mass is 16.3. The van der Waals surface area contributed by atoms with Crippen molar-refractivity contribution in [2.45, 2.75) is 52.3 Å². The molecule has 0 amide bonds. The van der Waals surface area contributed by atoms with E-state index in [1.54, 1.807) is 0 Å². The maximum Gasteiger partial charge on any atom is 0.130 e. The molecule has 1 aliphatic heterocycles. The molecule has 2 N–H and O–H groups in total. The van der Waals surface area contributed by atoms with Crippen LogP contribution in [-0.4, -0.2) is 39.2 Å². The van der Waals surface area contributed by atoms with Gasteiger partial charge in [0.2, 0.25) is 0 Å². The van der Waals surface area contributed by atoms with Crippen LogP contribution in [-0.2, 0) is 19.5 Å². The van der Waals surface area contributed by atoms with Gasteiger partial charge >= 0.3 is 0 Å². The Kier molecular flexibility index (Phi) is 6.00. The van der Waals surface area contributed by atoms with Crippen LogP contribution >= 0.6 is 0 Å². The number of likely N-dealkylation sites (tertiary alicyclic amines) is 1. The zero-order valence-electron chi connectivity index (χ0n) is 15.2. The van der Waals surface area contributed by atoms with Crippen LogP contribution in [0.25, 0.3) is 0 Å². The van der Waals surface area contributed by atoms with Gasteiger partial charge in [-0.05, 0) is 37.3 Å². The first-order valence-electron chi connectivity index (χ1n) is 9.19. The molecule has 1 fully saturated rings. The maximum absolute atomic E-state index is 9.67. The Labute approximate surface area is 150 Å². The fraction of sp³-hybridized carbons (Fsp3) is 0.500. The molecule has 5 heteroatoms. The van der Waals surface area contributed by atoms with Gasteiger partial charge in [0.1, 0.15) is 11.6 Å². The third-order valence-corrected chi connectivity index (χ3v) is 4.78. The average Bonchev–Trinajstić information content (AvgIpc) is 2.62. The monoisotopic (exact) mass is 340 g/mol. The molecule has 0 radical (unpaired) electrons. The summed E-state index contributed by atoms with van der Waals surface area (Å²) in [5.74, 6) is 1.70. The molecule has 2 heterocycles. The minimum atomic E-state index is -0.123. The summed E-state index contributed by atoms with van der Waals surface area (Å²) in [5, 5.41) is 13.1. The number of anilines is 1. The first-order valence-corrected chi connectivity index (χ1v) is 9.19. The van der Waals surface area contributed by atoms with Gasteiger partial charge in [-0.1, -0.05) is 31.2 Å². The van der Waals surface area contributed by atoms with E-state index in [1.165, 1.54) is 11.1 Å². The minimum absolute atomic E-state index is 0.123. The predicted molar refractivity (Wildman–Crippen MR) is 100 cm³/mol. The first-order chi connectivity index (χ1) is 12.1. The van der Waals surface area contributed by atoms with Crippen molar-refractivity contribution >= 4 is 5.82 Å². The molecule has 3 rings (SSSR count). The summed E-state index contributed by atoms with van der Waals surface area (Å²) in [6.45, 7) is 7.67. The van der Waals surface area contributed by atoms with Crippen LogP contribution in [0.5, 0.6) is 0 Å². The van der Waals surface area contributed by atoms with Gasteiger partial charge in [-0.2, -0.15) is 0 Å². The van der Waals surface area contributed by atoms with E-state index >= 15 is 0 Å². The first kappa shape index (κ1) is 17.8. The Bertz CT molecular complexity index is 696. The molecule has 0 unspecified atom stereocenters. The number of piperidine rings is 1. The van der Waals surface area contributed by atoms with Crippen molar-refractivity contribution in [3.8, 4) is 0 Å². The van der Waals surface area contributed by atoms with E-state index < -0.39 is 0 Å². The second-order valence-electron chi connectivity index (χ2n) is 6.77. The molecule has 2 aromatic rings. The number of benzene rings is 1. The van der Waals surface area contributed by atoms with Crippen molar-refractivity contribution in [2.24, 2.45) is 0 Å². The lowest BCUT2D eigenvalue weighted by atomic mass is 10.0. The molecule has 5 nitrogen and oxygen atoms in total. The normalized spacial score (nSPS) is 16.1. The lowest BCUT2D eigenvalue weighted by Gasteiger charge is -2.30. The zero-order chi connectivity index (χ0) is 17.6. The van der Waals surface area contributed by atoms with Gasteiger partial charge in [-0.25, -0.2) is 9.97 Å². The van der Waals surface area contributed by atoms with Gasteiger partial charge in [-0.15, -0.1) is 0 Å². The Morgan fingerprint density at radius 1 is 1.16 bits per heavy atom. The van der Waals surface area contributed by atoms with E-state index in [0.717, 1.165) is 62.8 Å². The highest BCUT2D eigenvalue weighted by molar-refractivity contribution is 5.39. The van der Waals surface area contributed by atoms with Crippen molar-refractivity contribution in [3.63, 3.8) is 0 Å². The largest absolute Gasteiger partial charge is 0.393 e. The summed E-state index contributed by atoms with van der Waals surface area (Å²) in [6, 6.07) is 10.6. The molecule has 25 heavy (non-hydrogen) atoms. The molecular weight excluding hydrogens is 312 g/mol. The number of nitrogens with one attached hydrogen (secondary N) is 1. The van der Waals surface area contributed by atoms with Gasteiger partial charge in [0.25, 0.3) is 0 Å². The van der Waals surface area contributed by atoms with Gasteiger partial charge in [0.05, 0.1) is 6.10 Å². The van der Waals surface area contributed by atoms with Crippen LogP contribution in [0.15, 0.2) is 30.3 Å². The van der Waals surface area contributed by atoms with Crippen molar-refractivity contribution in [1.82, 2.24) is 14.9 Å². The third-order valence-electron chi connectivity index (χ3n) is 4.78. The van der Waals surface area contributed by atoms with Crippen LogP contribution < -0.4 is 5.32 Å². The zero-order valence-corrected chi connectivity index (χ0v) is 15.2. The minimum Gasteiger partial charge on any atom is -0.393 e. The third kappa shape index (κ3) is 5.00. The molecule has 0 aliphatic carbocycles. The molecule has 1 aromatic carbocycles. The van der Waals surface area contributed by atoms with E-state index in [9.17, 15) is 5.11 Å². The van der Waals surface area contributed by atoms with E-state index in [2.05, 4.69) is 51.4 Å². The standard InChI is InChI=1S/C20H28N4O/c1-3-18-12-20(23-15(2)22-18)21-13-16-6-4-5-7-17(16)14-24-10-8-19(25)9-11-24/h4-7,12,19,25H,3,8-11,13-14H2,1-2H3,(H,21,22,23). The summed E-state index contributed by atoms with van der Waals surface area (Å²) in [6.07, 6.45) is 2.54. The van der Waals surface area contributed by atoms with E-state index in [0.29, 0.717) is 0 Å². The Hall–Kier alpha value is -1.98. The highest BCUT2D eigenvalue weighted by Crippen LogP contribution is 2.18. The topological polar surface area (TPSA) is 61.3 Å². The van der Waals surface area contributed by atoms with E-state index in [4.69, 9.17) is 0 Å². The fourth-order valence-electron chi connectivity index (χ4n) is 3.29. The number of nitrogens with zero attached hydrogens (tertiary/aromatic N) is 3. The number of hydrogen-bond donors (Lipinski definition) is 2. The molecule has 134 valence electrons. The van der Waals surface area contributed by atoms with Crippen molar-refractivity contribution < 1.29 is 5.11 Å². The second kappa shape index (κ2) is 8.41. The molecule has 0 spiro atoms. The molecule has 0 saturated carbocycles. The van der Waals surface area contributed by atoms with Crippen LogP contribution in [0.1, 0.15) is 42.4 Å². The number of aliphatic hydroxyl groups is 1. The maximum atomic E-state index is 9.67. The Morgan fingerprint density at radius 2 is 1.88 bits per heavy atom. The average molecular weight is 340 g/mol. The Morgan fingerprint density at radius 3 is 2.60 bits per heavy atom. The summed E-state index contributed by atoms with van der Waals surface area (Å²) in [4.78, 5) is 11.3. The van der Waals surface area contributed by atoms with Gasteiger partial charge in [0, 0.05) is 37.9 Å². The Balaban J connectivity index is 1.66. The summed E-state index contributed by atoms with van der Waals surface area (Å²) >= 11 is 0. The molecule has 0 atom stereocenters. The smallest absolute Gasteiger partial charge is 0.130 e. The van der Waals surface area contributed by atoms with Gasteiger partial charge in [-0.3, -0.25) is 4.90 Å². The molecule has 1 aliphatic rings. The van der Waals surface area contributed by atoms with Crippen molar-refractivity contribution in [2.75, 3.05) is 18.4 Å². The van der Waals surface area contributed by atoms with Crippen LogP contribution in [0, 0.1) is 6.92 Å². The van der Waals surface area contributed by atoms with Crippen molar-refractivity contribution in [1.29, 1.82) is 0 Å². The predicted octanol–water partition coefficient (Wildman–Crippen LogP) is 2.92. The van der Waals surface area contributed by atoms with Gasteiger partial charge in [0.15, 0.2) is 0 Å². The lowest BCUT2D eigenvalue weighted by molar-refractivity contribution is 0.0791. The number of aryl methyl sites for hydroxylation is 2. The molecule has 1 saturated heterocycles. The van der Waals surface area contributed by atoms with E-state index in [1.807, 2.05) is 13.0 Å². The quantitative estimate of drug-likeness (QED) is 0.847. The SMILES string of the molecule is CCc1cc(NCc2ccccc2CN2CCC(O)CC2)nc(C)n1. The van der Waals surface area contributed by atoms with Crippen LogP contribution in [0.4, 0.5) is 5.82 Å². The molecule has 0 bridgehead atoms. The van der Waals surface area contributed by atoms with Crippen molar-refractivity contribution in [3.05, 3.63) is 53.0 Å². The fourth-order valence-corrected chi connectivity index (χ4v) is 3.29. The summed E-state index contributed by atoms with van der Waals surface area (Å²) < 4.78 is 0. The summed E-state index contributed by atoms with van der Waals surface area (Å²) in [5.41, 5.74) is 3.70. The van der Waals surface area contributed by atoms with Crippen LogP contribution in [0.2, 0.25) is 0 Å². The summed E-state index contributed by atoms with van der Waals surface area (Å²) in [7, 11) is 0. The number of hydrogen-bond acceptors (Lipinski definition) is 5. The molecule has 1 aromatic heterocycles. The number of aliphatic hydroxyl groups excluding tert-OH is 1. The second-order valence-corrected chi connectivity index (χ2v) is 6.77. The van der Waals surface area contributed by atoms with E-state index in [-0.39, 0.29) is 6.10 Å². The van der Waals surface area contributed by atoms with Crippen LogP contribution in [0.3, 0.4) is 0 Å². The number of rotatable bonds is 6. The lowest BCUT2D eigenvalue weighted by Crippen LogP contribution is -2.35. The van der Waals surface area contributed by atoms with Gasteiger partial charge < -0.3 is 10.4 Å². The number of aromatic nitrogens is 2.